The molecule has 0 fully saturated rings. The molecule has 0 spiro atoms. The van der Waals surface area contributed by atoms with Gasteiger partial charge in [0.05, 0.1) is 18.2 Å². The van der Waals surface area contributed by atoms with Gasteiger partial charge in [0.1, 0.15) is 6.07 Å². The normalized spacial score (nSPS) is 9.21. The van der Waals surface area contributed by atoms with E-state index in [4.69, 9.17) is 11.0 Å². The minimum atomic E-state index is -0.869. The monoisotopic (exact) mass is 194 g/mol. The van der Waals surface area contributed by atoms with Gasteiger partial charge in [-0.3, -0.25) is 4.79 Å². The quantitative estimate of drug-likeness (QED) is 0.756. The van der Waals surface area contributed by atoms with E-state index in [-0.39, 0.29) is 16.9 Å². The molecule has 0 aliphatic carbocycles. The van der Waals surface area contributed by atoms with E-state index in [9.17, 15) is 9.18 Å². The molecule has 5 heteroatoms. The fraction of sp³-hybridized carbons (Fsp3) is 0.111. The SMILES string of the molecule is COc1c(C(N)=O)ccc(C#N)c1F. The number of hydrogen-bond acceptors (Lipinski definition) is 3. The third-order valence-electron chi connectivity index (χ3n) is 1.69. The summed E-state index contributed by atoms with van der Waals surface area (Å²) in [5.41, 5.74) is 4.71. The largest absolute Gasteiger partial charge is 0.493 e. The average Bonchev–Trinajstić information content (AvgIpc) is 2.17. The lowest BCUT2D eigenvalue weighted by Gasteiger charge is -2.06. The highest BCUT2D eigenvalue weighted by Gasteiger charge is 2.16. The van der Waals surface area contributed by atoms with Gasteiger partial charge in [-0.25, -0.2) is 4.39 Å². The molecule has 0 saturated heterocycles. The van der Waals surface area contributed by atoms with Crippen LogP contribution in [0, 0.1) is 17.1 Å². The van der Waals surface area contributed by atoms with Gasteiger partial charge >= 0.3 is 0 Å². The molecule has 0 saturated carbocycles. The zero-order valence-corrected chi connectivity index (χ0v) is 7.37. The third-order valence-corrected chi connectivity index (χ3v) is 1.69. The highest BCUT2D eigenvalue weighted by Crippen LogP contribution is 2.24. The van der Waals surface area contributed by atoms with Gasteiger partial charge < -0.3 is 10.5 Å². The van der Waals surface area contributed by atoms with Crippen LogP contribution in [0.4, 0.5) is 4.39 Å². The maximum Gasteiger partial charge on any atom is 0.252 e. The van der Waals surface area contributed by atoms with Crippen molar-refractivity contribution in [3.05, 3.63) is 29.1 Å². The molecule has 0 bridgehead atoms. The van der Waals surface area contributed by atoms with E-state index in [1.165, 1.54) is 19.2 Å². The topological polar surface area (TPSA) is 76.1 Å². The van der Waals surface area contributed by atoms with Crippen molar-refractivity contribution in [3.63, 3.8) is 0 Å². The van der Waals surface area contributed by atoms with Crippen LogP contribution in [0.3, 0.4) is 0 Å². The molecule has 1 aromatic rings. The lowest BCUT2D eigenvalue weighted by atomic mass is 10.1. The van der Waals surface area contributed by atoms with Gasteiger partial charge in [-0.1, -0.05) is 0 Å². The van der Waals surface area contributed by atoms with E-state index >= 15 is 0 Å². The number of halogens is 1. The summed E-state index contributed by atoms with van der Waals surface area (Å²) in [6.45, 7) is 0. The Labute approximate surface area is 79.7 Å². The average molecular weight is 194 g/mol. The number of benzene rings is 1. The standard InChI is InChI=1S/C9H7FN2O2/c1-14-8-6(9(12)13)3-2-5(4-11)7(8)10/h2-3H,1H3,(H2,12,13). The number of nitrogens with two attached hydrogens (primary N) is 1. The van der Waals surface area contributed by atoms with Crippen LogP contribution in [0.15, 0.2) is 12.1 Å². The molecule has 4 nitrogen and oxygen atoms in total. The molecule has 2 N–H and O–H groups in total. The van der Waals surface area contributed by atoms with E-state index in [1.54, 1.807) is 6.07 Å². The number of primary amides is 1. The second kappa shape index (κ2) is 3.75. The van der Waals surface area contributed by atoms with Gasteiger partial charge in [0.25, 0.3) is 5.91 Å². The highest BCUT2D eigenvalue weighted by molar-refractivity contribution is 5.95. The lowest BCUT2D eigenvalue weighted by Crippen LogP contribution is -2.13. The molecular weight excluding hydrogens is 187 g/mol. The van der Waals surface area contributed by atoms with Crippen molar-refractivity contribution >= 4 is 5.91 Å². The molecule has 0 heterocycles. The summed E-state index contributed by atoms with van der Waals surface area (Å²) < 4.78 is 18.0. The summed E-state index contributed by atoms with van der Waals surface area (Å²) in [7, 11) is 1.20. The van der Waals surface area contributed by atoms with E-state index in [2.05, 4.69) is 4.74 Å². The van der Waals surface area contributed by atoms with Crippen molar-refractivity contribution in [2.24, 2.45) is 5.73 Å². The van der Waals surface area contributed by atoms with Crippen molar-refractivity contribution in [2.75, 3.05) is 7.11 Å². The predicted molar refractivity (Wildman–Crippen MR) is 46.2 cm³/mol. The minimum absolute atomic E-state index is 0.0796. The van der Waals surface area contributed by atoms with Gasteiger partial charge in [0.2, 0.25) is 0 Å². The highest BCUT2D eigenvalue weighted by atomic mass is 19.1. The zero-order chi connectivity index (χ0) is 10.7. The molecule has 1 rings (SSSR count). The second-order valence-corrected chi connectivity index (χ2v) is 2.48. The maximum absolute atomic E-state index is 13.3. The molecule has 0 aliphatic rings. The number of nitrogens with zero attached hydrogens (tertiary/aromatic N) is 1. The molecule has 14 heavy (non-hydrogen) atoms. The summed E-state index contributed by atoms with van der Waals surface area (Å²) in [5.74, 6) is -1.96. The van der Waals surface area contributed by atoms with Crippen molar-refractivity contribution in [2.45, 2.75) is 0 Å². The second-order valence-electron chi connectivity index (χ2n) is 2.48. The molecule has 0 unspecified atom stereocenters. The summed E-state index contributed by atoms with van der Waals surface area (Å²) in [5, 5.41) is 8.51. The zero-order valence-electron chi connectivity index (χ0n) is 7.37. The number of methoxy groups -OCH3 is 1. The Balaban J connectivity index is 3.45. The fourth-order valence-corrected chi connectivity index (χ4v) is 1.04. The molecule has 0 atom stereocenters. The summed E-state index contributed by atoms with van der Waals surface area (Å²) in [4.78, 5) is 10.8. The summed E-state index contributed by atoms with van der Waals surface area (Å²) in [6.07, 6.45) is 0. The van der Waals surface area contributed by atoms with Crippen LogP contribution < -0.4 is 10.5 Å². The van der Waals surface area contributed by atoms with Gasteiger partial charge in [-0.15, -0.1) is 0 Å². The Morgan fingerprint density at radius 1 is 1.64 bits per heavy atom. The minimum Gasteiger partial charge on any atom is -0.493 e. The first kappa shape index (κ1) is 9.99. The maximum atomic E-state index is 13.3. The Morgan fingerprint density at radius 2 is 2.29 bits per heavy atom. The van der Waals surface area contributed by atoms with Crippen molar-refractivity contribution in [1.29, 1.82) is 5.26 Å². The van der Waals surface area contributed by atoms with Crippen LogP contribution in [0.2, 0.25) is 0 Å². The van der Waals surface area contributed by atoms with Crippen LogP contribution in [-0.2, 0) is 0 Å². The first-order valence-corrected chi connectivity index (χ1v) is 3.68. The molecule has 72 valence electrons. The number of carbonyl (C=O) groups is 1. The number of hydrogen-bond donors (Lipinski definition) is 1. The Hall–Kier alpha value is -2.09. The van der Waals surface area contributed by atoms with E-state index < -0.39 is 11.7 Å². The Kier molecular flexibility index (Phi) is 2.67. The number of carbonyl (C=O) groups excluding carboxylic acids is 1. The number of amides is 1. The van der Waals surface area contributed by atoms with Gasteiger partial charge in [0, 0.05) is 0 Å². The Bertz CT molecular complexity index is 424. The number of ether oxygens (including phenoxy) is 1. The molecule has 1 aromatic carbocycles. The first-order chi connectivity index (χ1) is 6.61. The summed E-state index contributed by atoms with van der Waals surface area (Å²) in [6, 6.07) is 4.06. The molecule has 0 aliphatic heterocycles. The van der Waals surface area contributed by atoms with Crippen LogP contribution in [-0.4, -0.2) is 13.0 Å². The van der Waals surface area contributed by atoms with Crippen LogP contribution in [0.1, 0.15) is 15.9 Å². The molecule has 0 aromatic heterocycles. The Morgan fingerprint density at radius 3 is 2.71 bits per heavy atom. The van der Waals surface area contributed by atoms with Crippen molar-refractivity contribution < 1.29 is 13.9 Å². The third kappa shape index (κ3) is 1.50. The van der Waals surface area contributed by atoms with Gasteiger partial charge in [0.15, 0.2) is 11.6 Å². The van der Waals surface area contributed by atoms with E-state index in [1.807, 2.05) is 0 Å². The number of nitriles is 1. The molecular formula is C9H7FN2O2. The van der Waals surface area contributed by atoms with E-state index in [0.29, 0.717) is 0 Å². The number of rotatable bonds is 2. The molecule has 1 amide bonds. The fourth-order valence-electron chi connectivity index (χ4n) is 1.04. The van der Waals surface area contributed by atoms with Crippen LogP contribution in [0.25, 0.3) is 0 Å². The smallest absolute Gasteiger partial charge is 0.252 e. The molecule has 0 radical (unpaired) electrons. The first-order valence-electron chi connectivity index (χ1n) is 3.68. The van der Waals surface area contributed by atoms with Crippen LogP contribution in [0.5, 0.6) is 5.75 Å². The summed E-state index contributed by atoms with van der Waals surface area (Å²) >= 11 is 0. The van der Waals surface area contributed by atoms with Gasteiger partial charge in [-0.05, 0) is 12.1 Å². The van der Waals surface area contributed by atoms with E-state index in [0.717, 1.165) is 0 Å². The van der Waals surface area contributed by atoms with Gasteiger partial charge in [-0.2, -0.15) is 5.26 Å². The van der Waals surface area contributed by atoms with Crippen molar-refractivity contribution in [1.82, 2.24) is 0 Å². The van der Waals surface area contributed by atoms with Crippen molar-refractivity contribution in [3.8, 4) is 11.8 Å². The predicted octanol–water partition coefficient (Wildman–Crippen LogP) is 0.805. The lowest BCUT2D eigenvalue weighted by molar-refractivity contribution is 0.0996. The van der Waals surface area contributed by atoms with Crippen LogP contribution >= 0.6 is 0 Å².